The number of aliphatic hydroxyl groups is 1. The molecule has 0 aliphatic rings. The van der Waals surface area contributed by atoms with Crippen molar-refractivity contribution >= 4 is 25.4 Å². The maximum Gasteiger partial charge on any atom is 0.385 e. The van der Waals surface area contributed by atoms with Crippen LogP contribution in [0, 0.1) is 71.5 Å². The monoisotopic (exact) mass is 560 g/mol. The molecule has 5 nitrogen and oxygen atoms in total. The van der Waals surface area contributed by atoms with Gasteiger partial charge in [-0.25, -0.2) is 4.79 Å². The van der Waals surface area contributed by atoms with E-state index in [4.69, 9.17) is 15.9 Å². The predicted octanol–water partition coefficient (Wildman–Crippen LogP) is 7.63. The Balaban J connectivity index is -0.0000000831. The molecule has 0 bridgehead atoms. The van der Waals surface area contributed by atoms with E-state index < -0.39 is 24.6 Å². The highest BCUT2D eigenvalue weighted by Crippen LogP contribution is 2.13. The van der Waals surface area contributed by atoms with Crippen molar-refractivity contribution in [1.29, 1.82) is 0 Å². The van der Waals surface area contributed by atoms with Crippen LogP contribution in [0.3, 0.4) is 0 Å². The normalized spacial score (nSPS) is 9.29. The van der Waals surface area contributed by atoms with Crippen LogP contribution < -0.4 is 0 Å². The van der Waals surface area contributed by atoms with Gasteiger partial charge in [0.2, 0.25) is 0 Å². The third-order valence-electron chi connectivity index (χ3n) is 5.12. The van der Waals surface area contributed by atoms with Crippen LogP contribution >= 0.6 is 13.5 Å². The molecule has 6 heteroatoms. The number of unbranched alkanes of at least 4 members (excludes halogenated alkanes) is 12. The molecule has 0 aliphatic carbocycles. The first-order chi connectivity index (χ1) is 18.1. The maximum absolute atomic E-state index is 12.0. The van der Waals surface area contributed by atoms with E-state index in [0.717, 1.165) is 19.3 Å². The number of rotatable bonds is 18. The molecule has 0 radical (unpaired) electrons. The van der Waals surface area contributed by atoms with Crippen LogP contribution in [-0.4, -0.2) is 36.4 Å². The molecule has 0 heterocycles. The molecule has 0 aliphatic heterocycles. The molecule has 0 fully saturated rings. The number of ether oxygens (including phenoxy) is 2. The fourth-order valence-electron chi connectivity index (χ4n) is 3.20. The molecule has 0 saturated heterocycles. The lowest BCUT2D eigenvalue weighted by atomic mass is 10.0. The van der Waals surface area contributed by atoms with Crippen LogP contribution in [0.1, 0.15) is 114 Å². The average Bonchev–Trinajstić information content (AvgIpc) is 2.90. The first kappa shape index (κ1) is 36.8. The molecule has 0 rings (SSSR count). The van der Waals surface area contributed by atoms with E-state index in [1.165, 1.54) is 64.2 Å². The summed E-state index contributed by atoms with van der Waals surface area (Å²) in [5.74, 6) is 24.4. The zero-order valence-corrected chi connectivity index (χ0v) is 23.5. The topological polar surface area (TPSA) is 72.8 Å². The first-order valence-electron chi connectivity index (χ1n) is 13.1. The molecule has 0 amide bonds. The first-order valence-corrected chi connectivity index (χ1v) is 13.1. The third-order valence-corrected chi connectivity index (χ3v) is 5.12. The zero-order valence-electron chi connectivity index (χ0n) is 22.5. The molecule has 0 aromatic rings. The fraction of sp³-hybridized carbons (Fsp3) is 0.562. The van der Waals surface area contributed by atoms with Gasteiger partial charge in [0.05, 0.1) is 6.61 Å². The third kappa shape index (κ3) is 27.2. The zero-order chi connectivity index (χ0) is 27.2. The van der Waals surface area contributed by atoms with Crippen molar-refractivity contribution in [3.05, 3.63) is 0 Å². The Bertz CT molecular complexity index is 1050. The number of hydrogen-bond donors (Lipinski definition) is 1. The Morgan fingerprint density at radius 3 is 1.66 bits per heavy atom. The van der Waals surface area contributed by atoms with Gasteiger partial charge in [-0.1, -0.05) is 84.0 Å². The summed E-state index contributed by atoms with van der Waals surface area (Å²) < 4.78 is 10.1. The lowest BCUT2D eigenvalue weighted by molar-refractivity contribution is -0.159. The van der Waals surface area contributed by atoms with Crippen LogP contribution in [0.2, 0.25) is 0 Å². The molecule has 0 aromatic carbocycles. The molecule has 1 N–H and O–H groups in total. The summed E-state index contributed by atoms with van der Waals surface area (Å²) in [5, 5.41) is 9.37. The molecular formula is C32H64O5S. The lowest BCUT2D eigenvalue weighted by Crippen LogP contribution is -2.28. The van der Waals surface area contributed by atoms with Crippen molar-refractivity contribution < 1.29 is 41.3 Å². The molecular weight excluding hydrogens is 496 g/mol. The number of terminal acetylenes is 1. The summed E-state index contributed by atoms with van der Waals surface area (Å²) in [5.41, 5.74) is 0. The van der Waals surface area contributed by atoms with E-state index in [9.17, 15) is 14.7 Å². The Kier molecular flexibility index (Phi) is 28.9. The van der Waals surface area contributed by atoms with Crippen molar-refractivity contribution in [3.8, 4) is 71.5 Å². The molecule has 0 saturated carbocycles. The van der Waals surface area contributed by atoms with Crippen LogP contribution in [0.5, 0.6) is 0 Å². The average molecular weight is 561 g/mol. The van der Waals surface area contributed by atoms with E-state index in [1.54, 1.807) is 0 Å². The molecule has 1 atom stereocenters. The minimum Gasteiger partial charge on any atom is -0.456 e. The Labute approximate surface area is 254 Å². The minimum absolute atomic E-state index is 0. The SMILES string of the molecule is C#CC#CC#CC#CC#CC#CC(=O)OC[C@H](CO)OC(=O)CCCCCCCCCCCCCCC.S.[HH].[HH].[HH].[HH].[HH].[HH].[HH].[HH].[HH].[HH].[HH].[HH]. The number of hydrogen-bond acceptors (Lipinski definition) is 5. The summed E-state index contributed by atoms with van der Waals surface area (Å²) in [6, 6.07) is 0. The molecule has 0 unspecified atom stereocenters. The van der Waals surface area contributed by atoms with Gasteiger partial charge in [0.15, 0.2) is 6.10 Å². The van der Waals surface area contributed by atoms with Crippen LogP contribution in [0.25, 0.3) is 0 Å². The minimum atomic E-state index is -0.923. The number of aliphatic hydroxyl groups excluding tert-OH is 1. The summed E-state index contributed by atoms with van der Waals surface area (Å²) >= 11 is 0. The van der Waals surface area contributed by atoms with Gasteiger partial charge in [0.1, 0.15) is 6.61 Å². The molecule has 0 aromatic heterocycles. The second kappa shape index (κ2) is 29.8. The lowest BCUT2D eigenvalue weighted by Gasteiger charge is -2.14. The summed E-state index contributed by atoms with van der Waals surface area (Å²) in [6.07, 6.45) is 20.2. The maximum atomic E-state index is 12.0. The number of carbonyl (C=O) groups excluding carboxylic acids is 2. The highest BCUT2D eigenvalue weighted by Gasteiger charge is 2.15. The van der Waals surface area contributed by atoms with E-state index >= 15 is 0 Å². The van der Waals surface area contributed by atoms with Gasteiger partial charge in [-0.05, 0) is 65.6 Å². The Morgan fingerprint density at radius 2 is 1.18 bits per heavy atom. The van der Waals surface area contributed by atoms with Crippen molar-refractivity contribution in [3.63, 3.8) is 0 Å². The summed E-state index contributed by atoms with van der Waals surface area (Å²) in [7, 11) is 0. The van der Waals surface area contributed by atoms with E-state index in [1.807, 2.05) is 0 Å². The van der Waals surface area contributed by atoms with Crippen molar-refractivity contribution in [2.45, 2.75) is 103 Å². The molecule has 38 heavy (non-hydrogen) atoms. The van der Waals surface area contributed by atoms with Gasteiger partial charge in [0, 0.05) is 29.5 Å². The number of carbonyl (C=O) groups is 2. The highest BCUT2D eigenvalue weighted by molar-refractivity contribution is 7.59. The van der Waals surface area contributed by atoms with E-state index in [-0.39, 0.29) is 43.6 Å². The quantitative estimate of drug-likeness (QED) is 0.0807. The predicted molar refractivity (Wildman–Crippen MR) is 182 cm³/mol. The van der Waals surface area contributed by atoms with Gasteiger partial charge >= 0.3 is 11.9 Å². The smallest absolute Gasteiger partial charge is 0.385 e. The summed E-state index contributed by atoms with van der Waals surface area (Å²) in [6.45, 7) is 1.51. The Morgan fingerprint density at radius 1 is 0.737 bits per heavy atom. The van der Waals surface area contributed by atoms with Crippen LogP contribution in [-0.2, 0) is 19.1 Å². The standard InChI is InChI=1S/C32H38O5.H2S.12H2/c1-3-5-7-9-11-13-15-16-17-19-21-23-25-27-32(35)37-30(28-33)29-36-31(34)26-24-22-20-18-14-12-10-8-6-4-2;;;;;;;;;;;;;/h2,30,33H,3,5,7,9,11,13,15-17,19,21,23,25,27-29H2,1H3;1H2;12*1H/t30-;;;;;;;;;;;;;/m0............./s1. The van der Waals surface area contributed by atoms with Gasteiger partial charge in [-0.3, -0.25) is 4.79 Å². The largest absolute Gasteiger partial charge is 0.456 e. The van der Waals surface area contributed by atoms with Gasteiger partial charge in [0.25, 0.3) is 0 Å². The second-order valence-corrected chi connectivity index (χ2v) is 8.28. The Hall–Kier alpha value is -3.39. The van der Waals surface area contributed by atoms with Gasteiger partial charge in [-0.2, -0.15) is 13.5 Å². The highest BCUT2D eigenvalue weighted by atomic mass is 32.1. The summed E-state index contributed by atoms with van der Waals surface area (Å²) in [4.78, 5) is 23.6. The fourth-order valence-corrected chi connectivity index (χ4v) is 3.20. The molecule has 228 valence electrons. The van der Waals surface area contributed by atoms with Crippen LogP contribution in [0.15, 0.2) is 0 Å². The van der Waals surface area contributed by atoms with E-state index in [0.29, 0.717) is 0 Å². The van der Waals surface area contributed by atoms with Crippen molar-refractivity contribution in [2.75, 3.05) is 13.2 Å². The van der Waals surface area contributed by atoms with Gasteiger partial charge in [-0.15, -0.1) is 6.42 Å². The number of esters is 2. The van der Waals surface area contributed by atoms with Crippen LogP contribution in [0.4, 0.5) is 0 Å². The van der Waals surface area contributed by atoms with E-state index in [2.05, 4.69) is 72.0 Å². The molecule has 0 spiro atoms. The second-order valence-electron chi connectivity index (χ2n) is 8.28. The van der Waals surface area contributed by atoms with Crippen molar-refractivity contribution in [2.24, 2.45) is 0 Å². The van der Waals surface area contributed by atoms with Gasteiger partial charge < -0.3 is 14.6 Å². The van der Waals surface area contributed by atoms with Crippen molar-refractivity contribution in [1.82, 2.24) is 0 Å².